The molecule has 1 aliphatic heterocycles. The smallest absolute Gasteiger partial charge is 0.263 e. The number of sulfonamides is 1. The van der Waals surface area contributed by atoms with E-state index in [1.165, 1.54) is 4.31 Å². The Balaban J connectivity index is 1.43. The number of benzene rings is 2. The van der Waals surface area contributed by atoms with E-state index in [4.69, 9.17) is 4.74 Å². The Kier molecular flexibility index (Phi) is 5.45. The van der Waals surface area contributed by atoms with Crippen LogP contribution in [0.1, 0.15) is 11.1 Å². The van der Waals surface area contributed by atoms with Crippen LogP contribution in [-0.4, -0.2) is 42.8 Å². The number of ether oxygens (including phenoxy) is 1. The molecular weight excluding hydrogens is 404 g/mol. The number of nitrogens with zero attached hydrogens (tertiary/aromatic N) is 3. The minimum Gasteiger partial charge on any atom is -0.476 e. The number of fused-ring (bicyclic) bond motifs is 1. The molecule has 1 unspecified atom stereocenters. The molecule has 0 bridgehead atoms. The van der Waals surface area contributed by atoms with Gasteiger partial charge in [0.05, 0.1) is 24.8 Å². The lowest BCUT2D eigenvalue weighted by atomic mass is 10.1. The fourth-order valence-corrected chi connectivity index (χ4v) is 4.30. The molecule has 1 atom stereocenters. The van der Waals surface area contributed by atoms with Gasteiger partial charge in [-0.25, -0.2) is 13.4 Å². The van der Waals surface area contributed by atoms with Gasteiger partial charge in [0.1, 0.15) is 5.75 Å². The Hall–Kier alpha value is -3.33. The third kappa shape index (κ3) is 4.46. The van der Waals surface area contributed by atoms with Crippen molar-refractivity contribution in [3.8, 4) is 5.75 Å². The highest BCUT2D eigenvalue weighted by atomic mass is 32.2. The molecule has 3 aromatic rings. The van der Waals surface area contributed by atoms with E-state index in [1.54, 1.807) is 36.8 Å². The average Bonchev–Trinajstić information content (AvgIpc) is 3.23. The Labute approximate surface area is 175 Å². The van der Waals surface area contributed by atoms with Crippen molar-refractivity contribution in [3.63, 3.8) is 0 Å². The van der Waals surface area contributed by atoms with Crippen LogP contribution in [0.3, 0.4) is 0 Å². The number of carbonyl (C=O) groups excluding carboxylic acids is 1. The zero-order chi connectivity index (χ0) is 21.1. The number of para-hydroxylation sites is 2. The van der Waals surface area contributed by atoms with Crippen LogP contribution in [0, 0.1) is 0 Å². The number of nitrogens with one attached hydrogen (secondary N) is 1. The van der Waals surface area contributed by atoms with Crippen molar-refractivity contribution in [2.75, 3.05) is 17.1 Å². The zero-order valence-electron chi connectivity index (χ0n) is 16.4. The van der Waals surface area contributed by atoms with E-state index in [0.717, 1.165) is 17.4 Å². The van der Waals surface area contributed by atoms with E-state index in [0.29, 0.717) is 24.5 Å². The summed E-state index contributed by atoms with van der Waals surface area (Å²) in [5.41, 5.74) is 2.47. The van der Waals surface area contributed by atoms with E-state index in [-0.39, 0.29) is 12.5 Å². The molecule has 1 aliphatic rings. The van der Waals surface area contributed by atoms with Crippen molar-refractivity contribution in [1.29, 1.82) is 0 Å². The van der Waals surface area contributed by atoms with Gasteiger partial charge in [0.25, 0.3) is 5.91 Å². The summed E-state index contributed by atoms with van der Waals surface area (Å²) in [6.45, 7) is 0.937. The van der Waals surface area contributed by atoms with Crippen LogP contribution in [0.4, 0.5) is 5.69 Å². The summed E-state index contributed by atoms with van der Waals surface area (Å²) in [5, 5.41) is 2.85. The van der Waals surface area contributed by atoms with Crippen molar-refractivity contribution in [3.05, 3.63) is 78.4 Å². The van der Waals surface area contributed by atoms with E-state index >= 15 is 0 Å². The van der Waals surface area contributed by atoms with Crippen molar-refractivity contribution in [2.45, 2.75) is 19.2 Å². The van der Waals surface area contributed by atoms with Crippen molar-refractivity contribution in [2.24, 2.45) is 0 Å². The summed E-state index contributed by atoms with van der Waals surface area (Å²) in [6, 6.07) is 14.7. The van der Waals surface area contributed by atoms with Crippen LogP contribution < -0.4 is 14.4 Å². The van der Waals surface area contributed by atoms with E-state index < -0.39 is 16.1 Å². The van der Waals surface area contributed by atoms with Gasteiger partial charge in [0.15, 0.2) is 6.10 Å². The highest BCUT2D eigenvalue weighted by molar-refractivity contribution is 7.92. The molecule has 8 nitrogen and oxygen atoms in total. The van der Waals surface area contributed by atoms with Crippen LogP contribution in [0.5, 0.6) is 5.75 Å². The molecule has 0 saturated carbocycles. The molecule has 0 fully saturated rings. The third-order valence-corrected chi connectivity index (χ3v) is 5.96. The maximum absolute atomic E-state index is 12.7. The number of anilines is 1. The normalized spacial score (nSPS) is 15.9. The Morgan fingerprint density at radius 3 is 2.77 bits per heavy atom. The lowest BCUT2D eigenvalue weighted by Crippen LogP contribution is -2.50. The summed E-state index contributed by atoms with van der Waals surface area (Å²) >= 11 is 0. The maximum atomic E-state index is 12.7. The highest BCUT2D eigenvalue weighted by Gasteiger charge is 2.34. The number of hydrogen-bond acceptors (Lipinski definition) is 5. The van der Waals surface area contributed by atoms with Crippen LogP contribution in [-0.2, 0) is 27.9 Å². The first kappa shape index (κ1) is 20.0. The standard InChI is InChI=1S/C21H22N4O4S/c1-30(27,28)25-14-20(29-19-8-3-2-7-18(19)25)21(26)23-12-16-5-4-6-17(11-16)13-24-10-9-22-15-24/h2-11,15,20H,12-14H2,1H3,(H,23,26). The number of hydrogen-bond donors (Lipinski definition) is 1. The molecule has 1 aromatic heterocycles. The molecule has 1 N–H and O–H groups in total. The van der Waals surface area contributed by atoms with Gasteiger partial charge in [-0.05, 0) is 23.3 Å². The van der Waals surface area contributed by atoms with Gasteiger partial charge < -0.3 is 14.6 Å². The molecule has 30 heavy (non-hydrogen) atoms. The first-order valence-corrected chi connectivity index (χ1v) is 11.3. The molecule has 156 valence electrons. The van der Waals surface area contributed by atoms with Gasteiger partial charge >= 0.3 is 0 Å². The Morgan fingerprint density at radius 1 is 1.20 bits per heavy atom. The fourth-order valence-electron chi connectivity index (χ4n) is 3.38. The van der Waals surface area contributed by atoms with Gasteiger partial charge in [-0.15, -0.1) is 0 Å². The SMILES string of the molecule is CS(=O)(=O)N1CC(C(=O)NCc2cccc(Cn3ccnc3)c2)Oc2ccccc21. The van der Waals surface area contributed by atoms with Crippen LogP contribution in [0.25, 0.3) is 0 Å². The lowest BCUT2D eigenvalue weighted by molar-refractivity contribution is -0.127. The minimum atomic E-state index is -3.54. The first-order chi connectivity index (χ1) is 14.4. The zero-order valence-corrected chi connectivity index (χ0v) is 17.2. The second-order valence-corrected chi connectivity index (χ2v) is 9.05. The van der Waals surface area contributed by atoms with Gasteiger partial charge in [-0.1, -0.05) is 36.4 Å². The largest absolute Gasteiger partial charge is 0.476 e. The van der Waals surface area contributed by atoms with E-state index in [2.05, 4.69) is 10.3 Å². The molecule has 2 aromatic carbocycles. The summed E-state index contributed by atoms with van der Waals surface area (Å²) in [7, 11) is -3.54. The summed E-state index contributed by atoms with van der Waals surface area (Å²) in [4.78, 5) is 16.8. The highest BCUT2D eigenvalue weighted by Crippen LogP contribution is 2.34. The van der Waals surface area contributed by atoms with Crippen molar-refractivity contribution < 1.29 is 17.9 Å². The topological polar surface area (TPSA) is 93.5 Å². The Morgan fingerprint density at radius 2 is 2.00 bits per heavy atom. The molecule has 0 radical (unpaired) electrons. The van der Waals surface area contributed by atoms with Crippen LogP contribution in [0.2, 0.25) is 0 Å². The lowest BCUT2D eigenvalue weighted by Gasteiger charge is -2.33. The van der Waals surface area contributed by atoms with Gasteiger partial charge in [0, 0.05) is 25.5 Å². The molecule has 0 spiro atoms. The van der Waals surface area contributed by atoms with Crippen molar-refractivity contribution in [1.82, 2.24) is 14.9 Å². The number of imidazole rings is 1. The van der Waals surface area contributed by atoms with Crippen molar-refractivity contribution >= 4 is 21.6 Å². The quantitative estimate of drug-likeness (QED) is 0.649. The molecule has 0 saturated heterocycles. The molecule has 4 rings (SSSR count). The van der Waals surface area contributed by atoms with E-state index in [9.17, 15) is 13.2 Å². The van der Waals surface area contributed by atoms with Gasteiger partial charge in [0.2, 0.25) is 10.0 Å². The Bertz CT molecular complexity index is 1150. The number of carbonyl (C=O) groups is 1. The number of amides is 1. The number of rotatable bonds is 6. The van der Waals surface area contributed by atoms with Gasteiger partial charge in [-0.2, -0.15) is 0 Å². The molecule has 0 aliphatic carbocycles. The second-order valence-electron chi connectivity index (χ2n) is 7.14. The summed E-state index contributed by atoms with van der Waals surface area (Å²) < 4.78 is 33.3. The molecular formula is C21H22N4O4S. The third-order valence-electron chi connectivity index (χ3n) is 4.81. The second kappa shape index (κ2) is 8.19. The summed E-state index contributed by atoms with van der Waals surface area (Å²) in [6.07, 6.45) is 5.56. The fraction of sp³-hybridized carbons (Fsp3) is 0.238. The molecule has 9 heteroatoms. The van der Waals surface area contributed by atoms with Crippen LogP contribution in [0.15, 0.2) is 67.3 Å². The summed E-state index contributed by atoms with van der Waals surface area (Å²) in [5.74, 6) is 0.00909. The minimum absolute atomic E-state index is 0.0671. The maximum Gasteiger partial charge on any atom is 0.263 e. The molecule has 1 amide bonds. The monoisotopic (exact) mass is 426 g/mol. The van der Waals surface area contributed by atoms with Gasteiger partial charge in [-0.3, -0.25) is 9.10 Å². The predicted molar refractivity (Wildman–Crippen MR) is 113 cm³/mol. The van der Waals surface area contributed by atoms with E-state index in [1.807, 2.05) is 35.0 Å². The van der Waals surface area contributed by atoms with Crippen LogP contribution >= 0.6 is 0 Å². The molecule has 2 heterocycles. The first-order valence-electron chi connectivity index (χ1n) is 9.45. The predicted octanol–water partition coefficient (Wildman–Crippen LogP) is 1.77. The number of aromatic nitrogens is 2. The average molecular weight is 426 g/mol.